The van der Waals surface area contributed by atoms with Crippen molar-refractivity contribution in [3.8, 4) is 0 Å². The number of benzene rings is 3. The lowest BCUT2D eigenvalue weighted by Gasteiger charge is -2.16. The molecule has 0 bridgehead atoms. The maximum atomic E-state index is 11.5. The van der Waals surface area contributed by atoms with Crippen molar-refractivity contribution >= 4 is 46.2 Å². The van der Waals surface area contributed by atoms with Crippen molar-refractivity contribution in [2.24, 2.45) is 20.5 Å². The number of anilines is 1. The summed E-state index contributed by atoms with van der Waals surface area (Å²) in [5, 5.41) is 17.0. The molecule has 0 spiro atoms. The summed E-state index contributed by atoms with van der Waals surface area (Å²) in [4.78, 5) is 13.8. The zero-order valence-corrected chi connectivity index (χ0v) is 17.8. The number of nitrogens with zero attached hydrogens (tertiary/aromatic N) is 5. The topological polar surface area (TPSA) is 79.0 Å². The minimum atomic E-state index is -0.380. The van der Waals surface area contributed by atoms with E-state index in [-0.39, 0.29) is 5.97 Å². The second kappa shape index (κ2) is 9.99. The number of carbonyl (C=O) groups excluding carboxylic acids is 1. The maximum Gasteiger partial charge on any atom is 0.337 e. The molecule has 0 aliphatic carbocycles. The van der Waals surface area contributed by atoms with Crippen molar-refractivity contribution in [2.45, 2.75) is 0 Å². The van der Waals surface area contributed by atoms with Gasteiger partial charge in [-0.3, -0.25) is 0 Å². The second-order valence-electron chi connectivity index (χ2n) is 6.77. The Hall–Kier alpha value is -3.52. The van der Waals surface area contributed by atoms with E-state index >= 15 is 0 Å². The largest absolute Gasteiger partial charge is 0.465 e. The van der Waals surface area contributed by atoms with Crippen LogP contribution in [0.3, 0.4) is 0 Å². The normalized spacial score (nSPS) is 13.9. The number of esters is 1. The summed E-state index contributed by atoms with van der Waals surface area (Å²) in [6.07, 6.45) is 0. The fraction of sp³-hybridized carbons (Fsp3) is 0.174. The highest BCUT2D eigenvalue weighted by molar-refractivity contribution is 7.99. The van der Waals surface area contributed by atoms with E-state index < -0.39 is 0 Å². The molecule has 1 aliphatic rings. The molecule has 7 nitrogen and oxygen atoms in total. The van der Waals surface area contributed by atoms with Crippen LogP contribution in [0.1, 0.15) is 10.4 Å². The fourth-order valence-electron chi connectivity index (χ4n) is 2.95. The lowest BCUT2D eigenvalue weighted by atomic mass is 10.2. The number of ether oxygens (including phenoxy) is 1. The molecule has 0 amide bonds. The first-order valence-corrected chi connectivity index (χ1v) is 10.9. The Morgan fingerprint density at radius 2 is 1.23 bits per heavy atom. The van der Waals surface area contributed by atoms with Gasteiger partial charge in [-0.05, 0) is 72.8 Å². The van der Waals surface area contributed by atoms with E-state index in [2.05, 4.69) is 42.2 Å². The molecule has 156 valence electrons. The quantitative estimate of drug-likeness (QED) is 0.317. The van der Waals surface area contributed by atoms with E-state index in [1.165, 1.54) is 18.6 Å². The molecule has 3 aromatic rings. The van der Waals surface area contributed by atoms with Gasteiger partial charge in [-0.1, -0.05) is 0 Å². The molecule has 0 atom stereocenters. The number of carbonyl (C=O) groups is 1. The molecule has 8 heteroatoms. The molecule has 0 aromatic heterocycles. The van der Waals surface area contributed by atoms with Crippen molar-refractivity contribution in [1.82, 2.24) is 0 Å². The Labute approximate surface area is 184 Å². The number of methoxy groups -OCH3 is 1. The molecule has 3 aromatic carbocycles. The van der Waals surface area contributed by atoms with Crippen molar-refractivity contribution in [3.05, 3.63) is 78.4 Å². The van der Waals surface area contributed by atoms with Crippen molar-refractivity contribution in [3.63, 3.8) is 0 Å². The van der Waals surface area contributed by atoms with Gasteiger partial charge in [-0.15, -0.1) is 11.8 Å². The van der Waals surface area contributed by atoms with E-state index in [4.69, 9.17) is 0 Å². The van der Waals surface area contributed by atoms with Crippen LogP contribution in [0.4, 0.5) is 28.4 Å². The molecule has 1 heterocycles. The van der Waals surface area contributed by atoms with Crippen molar-refractivity contribution in [2.75, 3.05) is 30.2 Å². The molecule has 0 N–H and O–H groups in total. The van der Waals surface area contributed by atoms with Gasteiger partial charge < -0.3 is 9.64 Å². The Bertz CT molecular complexity index is 1070. The standard InChI is InChI=1S/C23H21N5O2S/c1-30-23(29)17-2-4-18(5-3-17)24-25-19-6-8-20(9-7-19)26-27-21-10-12-22(13-11-21)28-14-15-31-16-28/h2-13H,14-16H2,1H3. The number of azo groups is 2. The molecule has 1 aliphatic heterocycles. The van der Waals surface area contributed by atoms with Gasteiger partial charge in [0.1, 0.15) is 0 Å². The van der Waals surface area contributed by atoms with Gasteiger partial charge >= 0.3 is 5.97 Å². The molecule has 4 rings (SSSR count). The number of hydrogen-bond donors (Lipinski definition) is 0. The highest BCUT2D eigenvalue weighted by Crippen LogP contribution is 2.27. The third-order valence-corrected chi connectivity index (χ3v) is 5.63. The first-order valence-electron chi connectivity index (χ1n) is 9.76. The van der Waals surface area contributed by atoms with Crippen molar-refractivity contribution < 1.29 is 9.53 Å². The van der Waals surface area contributed by atoms with Crippen LogP contribution in [-0.2, 0) is 4.74 Å². The van der Waals surface area contributed by atoms with Crippen LogP contribution >= 0.6 is 11.8 Å². The van der Waals surface area contributed by atoms with E-state index in [0.29, 0.717) is 16.9 Å². The lowest BCUT2D eigenvalue weighted by Crippen LogP contribution is -2.17. The van der Waals surface area contributed by atoms with Crippen LogP contribution in [0.2, 0.25) is 0 Å². The van der Waals surface area contributed by atoms with Crippen LogP contribution in [0.5, 0.6) is 0 Å². The Morgan fingerprint density at radius 1 is 0.774 bits per heavy atom. The van der Waals surface area contributed by atoms with E-state index in [1.54, 1.807) is 24.3 Å². The molecular formula is C23H21N5O2S. The van der Waals surface area contributed by atoms with E-state index in [9.17, 15) is 4.79 Å². The summed E-state index contributed by atoms with van der Waals surface area (Å²) in [6, 6.07) is 22.2. The predicted molar refractivity (Wildman–Crippen MR) is 124 cm³/mol. The van der Waals surface area contributed by atoms with Crippen LogP contribution in [0.15, 0.2) is 93.3 Å². The molecule has 1 saturated heterocycles. The molecule has 31 heavy (non-hydrogen) atoms. The number of hydrogen-bond acceptors (Lipinski definition) is 8. The molecular weight excluding hydrogens is 410 g/mol. The first-order chi connectivity index (χ1) is 15.2. The Morgan fingerprint density at radius 3 is 1.65 bits per heavy atom. The van der Waals surface area contributed by atoms with E-state index in [0.717, 1.165) is 23.8 Å². The molecule has 1 fully saturated rings. The first kappa shape index (κ1) is 20.7. The minimum Gasteiger partial charge on any atom is -0.465 e. The third kappa shape index (κ3) is 5.55. The van der Waals surface area contributed by atoms with Crippen LogP contribution in [0, 0.1) is 0 Å². The van der Waals surface area contributed by atoms with Crippen LogP contribution in [0.25, 0.3) is 0 Å². The summed E-state index contributed by atoms with van der Waals surface area (Å²) >= 11 is 1.95. The fourth-order valence-corrected chi connectivity index (χ4v) is 3.92. The van der Waals surface area contributed by atoms with Gasteiger partial charge in [0, 0.05) is 18.0 Å². The van der Waals surface area contributed by atoms with Gasteiger partial charge in [-0.2, -0.15) is 20.5 Å². The molecule has 0 saturated carbocycles. The van der Waals surface area contributed by atoms with Crippen molar-refractivity contribution in [1.29, 1.82) is 0 Å². The minimum absolute atomic E-state index is 0.380. The lowest BCUT2D eigenvalue weighted by molar-refractivity contribution is 0.0601. The second-order valence-corrected chi connectivity index (χ2v) is 7.85. The summed E-state index contributed by atoms with van der Waals surface area (Å²) < 4.78 is 4.68. The zero-order valence-electron chi connectivity index (χ0n) is 17.0. The molecule has 0 radical (unpaired) electrons. The monoisotopic (exact) mass is 431 g/mol. The highest BCUT2D eigenvalue weighted by Gasteiger charge is 2.12. The molecule has 0 unspecified atom stereocenters. The third-order valence-electron chi connectivity index (χ3n) is 4.67. The highest BCUT2D eigenvalue weighted by atomic mass is 32.2. The smallest absolute Gasteiger partial charge is 0.337 e. The van der Waals surface area contributed by atoms with Gasteiger partial charge in [0.25, 0.3) is 0 Å². The number of thioether (sulfide) groups is 1. The summed E-state index contributed by atoms with van der Waals surface area (Å²) in [7, 11) is 1.35. The number of rotatable bonds is 6. The SMILES string of the molecule is COC(=O)c1ccc(N=Nc2ccc(N=Nc3ccc(N4CCSC4)cc3)cc2)cc1. The average Bonchev–Trinajstić information content (AvgIpc) is 3.37. The van der Waals surface area contributed by atoms with Crippen LogP contribution in [-0.4, -0.2) is 31.3 Å². The van der Waals surface area contributed by atoms with Crippen LogP contribution < -0.4 is 4.90 Å². The Kier molecular flexibility index (Phi) is 6.68. The zero-order chi connectivity index (χ0) is 21.5. The summed E-state index contributed by atoms with van der Waals surface area (Å²) in [5.41, 5.74) is 4.59. The average molecular weight is 432 g/mol. The maximum absolute atomic E-state index is 11.5. The van der Waals surface area contributed by atoms with Gasteiger partial charge in [0.2, 0.25) is 0 Å². The van der Waals surface area contributed by atoms with E-state index in [1.807, 2.05) is 48.2 Å². The van der Waals surface area contributed by atoms with Gasteiger partial charge in [-0.25, -0.2) is 4.79 Å². The van der Waals surface area contributed by atoms with Gasteiger partial charge in [0.05, 0.1) is 41.3 Å². The van der Waals surface area contributed by atoms with Gasteiger partial charge in [0.15, 0.2) is 0 Å². The summed E-state index contributed by atoms with van der Waals surface area (Å²) in [5.74, 6) is 1.84. The summed E-state index contributed by atoms with van der Waals surface area (Å²) in [6.45, 7) is 1.09. The predicted octanol–water partition coefficient (Wildman–Crippen LogP) is 6.81. The Balaban J connectivity index is 1.35.